The largest absolute Gasteiger partial charge is 0.497 e. The number of carbonyl (C=O) groups is 1. The second kappa shape index (κ2) is 12.1. The van der Waals surface area contributed by atoms with E-state index in [0.717, 1.165) is 40.2 Å². The number of ether oxygens (including phenoxy) is 1. The van der Waals surface area contributed by atoms with E-state index in [1.807, 2.05) is 75.0 Å². The van der Waals surface area contributed by atoms with E-state index in [-0.39, 0.29) is 11.7 Å². The van der Waals surface area contributed by atoms with Crippen LogP contribution in [0.25, 0.3) is 17.1 Å². The number of aromatic nitrogens is 3. The Kier molecular flexibility index (Phi) is 8.23. The van der Waals surface area contributed by atoms with E-state index in [4.69, 9.17) is 4.74 Å². The molecule has 0 spiro atoms. The number of benzene rings is 3. The molecule has 7 nitrogen and oxygen atoms in total. The van der Waals surface area contributed by atoms with Crippen LogP contribution in [0.5, 0.6) is 5.75 Å². The van der Waals surface area contributed by atoms with E-state index in [2.05, 4.69) is 10.2 Å². The molecule has 0 radical (unpaired) electrons. The molecule has 0 saturated carbocycles. The van der Waals surface area contributed by atoms with Crippen LogP contribution in [0.2, 0.25) is 0 Å². The molecule has 0 aliphatic carbocycles. The third-order valence-electron chi connectivity index (χ3n) is 6.57. The van der Waals surface area contributed by atoms with Crippen molar-refractivity contribution in [2.75, 3.05) is 43.9 Å². The zero-order chi connectivity index (χ0) is 26.3. The summed E-state index contributed by atoms with van der Waals surface area (Å²) in [6.45, 7) is 2.47. The molecule has 1 aromatic heterocycles. The van der Waals surface area contributed by atoms with Gasteiger partial charge in [0.25, 0.3) is 0 Å². The van der Waals surface area contributed by atoms with Gasteiger partial charge in [-0.3, -0.25) is 9.36 Å². The smallest absolute Gasteiger partial charge is 0.222 e. The molecular formula is C29H30FN5O2S. The highest BCUT2D eigenvalue weighted by Gasteiger charge is 2.23. The first kappa shape index (κ1) is 25.8. The molecule has 2 heterocycles. The highest BCUT2D eigenvalue weighted by atomic mass is 32.2. The van der Waals surface area contributed by atoms with E-state index in [9.17, 15) is 9.18 Å². The SMILES string of the molecule is COc1cccc(-c2nnc(SCCCC(=O)N3CCN(c4ccccc4F)CC3)n2-c2ccccc2)c1. The monoisotopic (exact) mass is 531 g/mol. The molecule has 1 aliphatic rings. The Morgan fingerprint density at radius 1 is 0.947 bits per heavy atom. The number of amides is 1. The van der Waals surface area contributed by atoms with Gasteiger partial charge in [0.2, 0.25) is 5.91 Å². The molecule has 196 valence electrons. The molecule has 1 fully saturated rings. The fourth-order valence-corrected chi connectivity index (χ4v) is 5.46. The van der Waals surface area contributed by atoms with Gasteiger partial charge in [0.15, 0.2) is 11.0 Å². The number of para-hydroxylation sites is 2. The molecule has 9 heteroatoms. The minimum atomic E-state index is -0.220. The van der Waals surface area contributed by atoms with Gasteiger partial charge in [-0.1, -0.05) is 54.2 Å². The van der Waals surface area contributed by atoms with Gasteiger partial charge < -0.3 is 14.5 Å². The number of piperazine rings is 1. The first-order valence-corrected chi connectivity index (χ1v) is 13.7. The lowest BCUT2D eigenvalue weighted by molar-refractivity contribution is -0.131. The summed E-state index contributed by atoms with van der Waals surface area (Å²) in [6.07, 6.45) is 1.20. The Balaban J connectivity index is 1.19. The van der Waals surface area contributed by atoms with Crippen LogP contribution in [0.1, 0.15) is 12.8 Å². The number of rotatable bonds is 9. The summed E-state index contributed by atoms with van der Waals surface area (Å²) in [6, 6.07) is 24.6. The highest BCUT2D eigenvalue weighted by molar-refractivity contribution is 7.99. The van der Waals surface area contributed by atoms with Gasteiger partial charge in [0.05, 0.1) is 12.8 Å². The maximum atomic E-state index is 14.1. The van der Waals surface area contributed by atoms with Gasteiger partial charge in [0.1, 0.15) is 11.6 Å². The highest BCUT2D eigenvalue weighted by Crippen LogP contribution is 2.30. The Morgan fingerprint density at radius 2 is 1.71 bits per heavy atom. The second-order valence-corrected chi connectivity index (χ2v) is 10.0. The average molecular weight is 532 g/mol. The van der Waals surface area contributed by atoms with Crippen molar-refractivity contribution in [3.8, 4) is 22.8 Å². The average Bonchev–Trinajstić information content (AvgIpc) is 3.40. The standard InChI is InChI=1S/C29H30FN5O2S/c1-37-24-12-7-9-22(21-24)28-31-32-29(35(28)23-10-3-2-4-11-23)38-20-8-15-27(36)34-18-16-33(17-19-34)26-14-6-5-13-25(26)30/h2-7,9-14,21H,8,15-20H2,1H3. The third kappa shape index (κ3) is 5.83. The number of halogens is 1. The Morgan fingerprint density at radius 3 is 2.47 bits per heavy atom. The normalized spacial score (nSPS) is 13.5. The summed E-state index contributed by atoms with van der Waals surface area (Å²) in [5.74, 6) is 2.15. The van der Waals surface area contributed by atoms with Crippen molar-refractivity contribution in [2.45, 2.75) is 18.0 Å². The van der Waals surface area contributed by atoms with Crippen LogP contribution in [-0.4, -0.2) is 64.6 Å². The van der Waals surface area contributed by atoms with E-state index in [1.165, 1.54) is 6.07 Å². The maximum Gasteiger partial charge on any atom is 0.222 e. The fraction of sp³-hybridized carbons (Fsp3) is 0.276. The van der Waals surface area contributed by atoms with Crippen molar-refractivity contribution in [3.63, 3.8) is 0 Å². The number of methoxy groups -OCH3 is 1. The molecule has 0 atom stereocenters. The van der Waals surface area contributed by atoms with Crippen molar-refractivity contribution in [2.24, 2.45) is 0 Å². The summed E-state index contributed by atoms with van der Waals surface area (Å²) in [7, 11) is 1.65. The Labute approximate surface area is 226 Å². The van der Waals surface area contributed by atoms with Crippen LogP contribution in [0.3, 0.4) is 0 Å². The van der Waals surface area contributed by atoms with Gasteiger partial charge in [-0.25, -0.2) is 4.39 Å². The number of thioether (sulfide) groups is 1. The molecule has 0 unspecified atom stereocenters. The molecule has 3 aromatic carbocycles. The molecule has 38 heavy (non-hydrogen) atoms. The van der Waals surface area contributed by atoms with Crippen molar-refractivity contribution >= 4 is 23.4 Å². The molecule has 1 aliphatic heterocycles. The first-order chi connectivity index (χ1) is 18.6. The van der Waals surface area contributed by atoms with E-state index < -0.39 is 0 Å². The predicted molar refractivity (Wildman–Crippen MR) is 148 cm³/mol. The van der Waals surface area contributed by atoms with Gasteiger partial charge >= 0.3 is 0 Å². The van der Waals surface area contributed by atoms with E-state index in [1.54, 1.807) is 31.0 Å². The van der Waals surface area contributed by atoms with Crippen LogP contribution in [0, 0.1) is 5.82 Å². The molecule has 0 N–H and O–H groups in total. The van der Waals surface area contributed by atoms with Crippen molar-refractivity contribution in [3.05, 3.63) is 84.7 Å². The topological polar surface area (TPSA) is 63.5 Å². The Bertz CT molecular complexity index is 1370. The first-order valence-electron chi connectivity index (χ1n) is 12.7. The molecule has 0 bridgehead atoms. The molecule has 4 aromatic rings. The zero-order valence-electron chi connectivity index (χ0n) is 21.3. The minimum absolute atomic E-state index is 0.139. The zero-order valence-corrected chi connectivity index (χ0v) is 22.1. The lowest BCUT2D eigenvalue weighted by Gasteiger charge is -2.36. The van der Waals surface area contributed by atoms with E-state index in [0.29, 0.717) is 38.3 Å². The fourth-order valence-electron chi connectivity index (χ4n) is 4.57. The lowest BCUT2D eigenvalue weighted by Crippen LogP contribution is -2.49. The van der Waals surface area contributed by atoms with Crippen molar-refractivity contribution in [1.29, 1.82) is 0 Å². The van der Waals surface area contributed by atoms with Gasteiger partial charge in [-0.05, 0) is 42.8 Å². The molecule has 1 saturated heterocycles. The van der Waals surface area contributed by atoms with Crippen LogP contribution in [0.4, 0.5) is 10.1 Å². The Hall–Kier alpha value is -3.85. The minimum Gasteiger partial charge on any atom is -0.497 e. The molecular weight excluding hydrogens is 501 g/mol. The number of hydrogen-bond donors (Lipinski definition) is 0. The summed E-state index contributed by atoms with van der Waals surface area (Å²) >= 11 is 1.59. The maximum absolute atomic E-state index is 14.1. The number of nitrogens with zero attached hydrogens (tertiary/aromatic N) is 5. The lowest BCUT2D eigenvalue weighted by atomic mass is 10.2. The summed E-state index contributed by atoms with van der Waals surface area (Å²) in [5, 5.41) is 9.75. The molecule has 1 amide bonds. The van der Waals surface area contributed by atoms with Gasteiger partial charge in [-0.2, -0.15) is 0 Å². The van der Waals surface area contributed by atoms with Crippen LogP contribution < -0.4 is 9.64 Å². The van der Waals surface area contributed by atoms with E-state index >= 15 is 0 Å². The van der Waals surface area contributed by atoms with Crippen LogP contribution in [0.15, 0.2) is 84.0 Å². The third-order valence-corrected chi connectivity index (χ3v) is 7.58. The molecule has 5 rings (SSSR count). The number of hydrogen-bond acceptors (Lipinski definition) is 6. The predicted octanol–water partition coefficient (Wildman–Crippen LogP) is 5.30. The summed E-state index contributed by atoms with van der Waals surface area (Å²) in [5.41, 5.74) is 2.49. The van der Waals surface area contributed by atoms with Crippen molar-refractivity contribution in [1.82, 2.24) is 19.7 Å². The van der Waals surface area contributed by atoms with Gasteiger partial charge in [-0.15, -0.1) is 10.2 Å². The van der Waals surface area contributed by atoms with Crippen molar-refractivity contribution < 1.29 is 13.9 Å². The quantitative estimate of drug-likeness (QED) is 0.216. The summed E-state index contributed by atoms with van der Waals surface area (Å²) in [4.78, 5) is 16.7. The van der Waals surface area contributed by atoms with Gasteiger partial charge in [0, 0.05) is 49.6 Å². The van der Waals surface area contributed by atoms with Crippen LogP contribution in [-0.2, 0) is 4.79 Å². The summed E-state index contributed by atoms with van der Waals surface area (Å²) < 4.78 is 21.5. The van der Waals surface area contributed by atoms with Crippen LogP contribution >= 0.6 is 11.8 Å². The number of carbonyl (C=O) groups excluding carboxylic acids is 1. The second-order valence-electron chi connectivity index (χ2n) is 8.98. The number of anilines is 1.